The van der Waals surface area contributed by atoms with Crippen molar-refractivity contribution in [2.45, 2.75) is 42.4 Å². The SMILES string of the molecule is O=C1N(C[N+]2(CC#CC(O)(c3ccccc3)c3ccccc3)CCCC2)C(=O)C(c2ccccc2)(c2ccccc2)N1C[N+]1(CC#CC(O)(c2ccccc2)c2ccccc2)CCCC1. The highest BCUT2D eigenvalue weighted by atomic mass is 16.3. The number of hydrogen-bond donors (Lipinski definition) is 2. The van der Waals surface area contributed by atoms with Crippen LogP contribution in [0.4, 0.5) is 4.79 Å². The van der Waals surface area contributed by atoms with Crippen molar-refractivity contribution in [2.75, 3.05) is 52.6 Å². The molecule has 0 aliphatic carbocycles. The van der Waals surface area contributed by atoms with Crippen molar-refractivity contribution in [3.05, 3.63) is 215 Å². The Morgan fingerprint density at radius 1 is 0.462 bits per heavy atom. The van der Waals surface area contributed by atoms with Crippen molar-refractivity contribution in [1.82, 2.24) is 9.80 Å². The Kier molecular flexibility index (Phi) is 12.3. The molecule has 8 nitrogen and oxygen atoms in total. The summed E-state index contributed by atoms with van der Waals surface area (Å²) in [6.45, 7) is 4.14. The Labute approximate surface area is 383 Å². The number of carbonyl (C=O) groups is 2. The first-order valence-corrected chi connectivity index (χ1v) is 22.8. The van der Waals surface area contributed by atoms with E-state index in [0.29, 0.717) is 44.3 Å². The molecule has 6 aromatic carbocycles. The van der Waals surface area contributed by atoms with Crippen LogP contribution in [0.1, 0.15) is 59.1 Å². The van der Waals surface area contributed by atoms with Crippen LogP contribution in [0.15, 0.2) is 182 Å². The fourth-order valence-corrected chi connectivity index (χ4v) is 10.4. The van der Waals surface area contributed by atoms with E-state index in [0.717, 1.165) is 63.0 Å². The highest BCUT2D eigenvalue weighted by Gasteiger charge is 2.63. The van der Waals surface area contributed by atoms with Gasteiger partial charge < -0.3 is 10.2 Å². The molecule has 3 heterocycles. The number of benzene rings is 6. The summed E-state index contributed by atoms with van der Waals surface area (Å²) in [5, 5.41) is 24.6. The number of imide groups is 1. The van der Waals surface area contributed by atoms with E-state index in [1.54, 1.807) is 0 Å². The van der Waals surface area contributed by atoms with Crippen LogP contribution >= 0.6 is 0 Å². The molecule has 3 saturated heterocycles. The molecular formula is C57H56N4O4+2. The van der Waals surface area contributed by atoms with E-state index in [1.165, 1.54) is 4.90 Å². The summed E-state index contributed by atoms with van der Waals surface area (Å²) in [5.74, 6) is 13.1. The Morgan fingerprint density at radius 3 is 1.11 bits per heavy atom. The molecule has 326 valence electrons. The zero-order chi connectivity index (χ0) is 44.8. The molecule has 65 heavy (non-hydrogen) atoms. The molecule has 0 atom stereocenters. The average Bonchev–Trinajstić information content (AvgIpc) is 4.09. The van der Waals surface area contributed by atoms with Gasteiger partial charge in [-0.05, 0) is 23.0 Å². The summed E-state index contributed by atoms with van der Waals surface area (Å²) in [7, 11) is 0. The molecule has 9 rings (SSSR count). The maximum absolute atomic E-state index is 15.8. The second-order valence-corrected chi connectivity index (χ2v) is 18.0. The number of aliphatic hydroxyl groups is 2. The van der Waals surface area contributed by atoms with Gasteiger partial charge in [0.05, 0.1) is 26.2 Å². The number of urea groups is 1. The lowest BCUT2D eigenvalue weighted by Gasteiger charge is -2.42. The lowest BCUT2D eigenvalue weighted by Crippen LogP contribution is -2.59. The van der Waals surface area contributed by atoms with E-state index in [2.05, 4.69) is 23.7 Å². The first-order chi connectivity index (χ1) is 31.7. The molecule has 3 amide bonds. The van der Waals surface area contributed by atoms with E-state index >= 15 is 9.59 Å². The summed E-state index contributed by atoms with van der Waals surface area (Å²) in [4.78, 5) is 34.8. The van der Waals surface area contributed by atoms with Gasteiger partial charge in [0.25, 0.3) is 5.91 Å². The molecule has 3 aliphatic rings. The number of carbonyl (C=O) groups excluding carboxylic acids is 2. The topological polar surface area (TPSA) is 81.1 Å². The number of quaternary nitrogens is 2. The van der Waals surface area contributed by atoms with Gasteiger partial charge in [-0.2, -0.15) is 0 Å². The fourth-order valence-electron chi connectivity index (χ4n) is 10.4. The quantitative estimate of drug-likeness (QED) is 0.0739. The average molecular weight is 861 g/mol. The monoisotopic (exact) mass is 860 g/mol. The molecule has 8 heteroatoms. The third-order valence-corrected chi connectivity index (χ3v) is 13.9. The molecule has 3 fully saturated rings. The zero-order valence-electron chi connectivity index (χ0n) is 36.8. The van der Waals surface area contributed by atoms with Crippen LogP contribution in [0.3, 0.4) is 0 Å². The number of amides is 3. The highest BCUT2D eigenvalue weighted by Crippen LogP contribution is 2.45. The molecule has 6 aromatic rings. The van der Waals surface area contributed by atoms with E-state index in [1.807, 2.05) is 187 Å². The van der Waals surface area contributed by atoms with Gasteiger partial charge in [0, 0.05) is 47.9 Å². The van der Waals surface area contributed by atoms with E-state index in [-0.39, 0.29) is 25.3 Å². The minimum absolute atomic E-state index is 0.153. The van der Waals surface area contributed by atoms with Gasteiger partial charge in [0.15, 0.2) is 30.1 Å². The zero-order valence-corrected chi connectivity index (χ0v) is 36.8. The van der Waals surface area contributed by atoms with Gasteiger partial charge in [-0.15, -0.1) is 0 Å². The molecule has 3 aliphatic heterocycles. The van der Waals surface area contributed by atoms with Crippen LogP contribution in [0.2, 0.25) is 0 Å². The third kappa shape index (κ3) is 8.27. The van der Waals surface area contributed by atoms with Crippen LogP contribution in [-0.4, -0.2) is 93.5 Å². The predicted molar refractivity (Wildman–Crippen MR) is 253 cm³/mol. The maximum atomic E-state index is 15.8. The maximum Gasteiger partial charge on any atom is 0.337 e. The Bertz CT molecular complexity index is 2580. The van der Waals surface area contributed by atoms with Gasteiger partial charge >= 0.3 is 6.03 Å². The smallest absolute Gasteiger partial charge is 0.337 e. The third-order valence-electron chi connectivity index (χ3n) is 13.9. The summed E-state index contributed by atoms with van der Waals surface area (Å²) >= 11 is 0. The van der Waals surface area contributed by atoms with Crippen LogP contribution in [0, 0.1) is 23.7 Å². The number of rotatable bonds is 12. The van der Waals surface area contributed by atoms with Crippen molar-refractivity contribution < 1.29 is 28.8 Å². The van der Waals surface area contributed by atoms with Crippen molar-refractivity contribution in [3.8, 4) is 23.7 Å². The molecular weight excluding hydrogens is 805 g/mol. The molecule has 0 bridgehead atoms. The van der Waals surface area contributed by atoms with Crippen LogP contribution in [0.25, 0.3) is 0 Å². The lowest BCUT2D eigenvalue weighted by atomic mass is 9.81. The van der Waals surface area contributed by atoms with Crippen molar-refractivity contribution >= 4 is 11.9 Å². The largest absolute Gasteiger partial charge is 0.369 e. The van der Waals surface area contributed by atoms with E-state index in [4.69, 9.17) is 0 Å². The summed E-state index contributed by atoms with van der Waals surface area (Å²) in [6, 6.07) is 57.2. The van der Waals surface area contributed by atoms with Crippen molar-refractivity contribution in [3.63, 3.8) is 0 Å². The first kappa shape index (κ1) is 43.5. The van der Waals surface area contributed by atoms with Gasteiger partial charge in [-0.1, -0.05) is 194 Å². The molecule has 0 aromatic heterocycles. The number of likely N-dealkylation sites (tertiary alicyclic amines) is 2. The summed E-state index contributed by atoms with van der Waals surface area (Å²) < 4.78 is 0.880. The molecule has 2 N–H and O–H groups in total. The molecule has 0 spiro atoms. The van der Waals surface area contributed by atoms with Crippen LogP contribution < -0.4 is 0 Å². The molecule has 0 saturated carbocycles. The van der Waals surface area contributed by atoms with E-state index in [9.17, 15) is 10.2 Å². The second kappa shape index (κ2) is 18.4. The van der Waals surface area contributed by atoms with Crippen LogP contribution in [-0.2, 0) is 21.5 Å². The summed E-state index contributed by atoms with van der Waals surface area (Å²) in [6.07, 6.45) is 3.76. The van der Waals surface area contributed by atoms with Gasteiger partial charge in [-0.3, -0.25) is 18.7 Å². The fraction of sp³-hybridized carbons (Fsp3) is 0.263. The van der Waals surface area contributed by atoms with E-state index < -0.39 is 16.7 Å². The normalized spacial score (nSPS) is 17.6. The molecule has 0 unspecified atom stereocenters. The van der Waals surface area contributed by atoms with Gasteiger partial charge in [-0.25, -0.2) is 9.69 Å². The minimum Gasteiger partial charge on any atom is -0.369 e. The predicted octanol–water partition coefficient (Wildman–Crippen LogP) is 8.21. The van der Waals surface area contributed by atoms with Crippen molar-refractivity contribution in [2.24, 2.45) is 0 Å². The van der Waals surface area contributed by atoms with Gasteiger partial charge in [0.2, 0.25) is 0 Å². The van der Waals surface area contributed by atoms with Crippen LogP contribution in [0.5, 0.6) is 0 Å². The summed E-state index contributed by atoms with van der Waals surface area (Å²) in [5.41, 5.74) is -0.380. The Hall–Kier alpha value is -6.78. The number of nitrogens with zero attached hydrogens (tertiary/aromatic N) is 4. The van der Waals surface area contributed by atoms with Crippen molar-refractivity contribution in [1.29, 1.82) is 0 Å². The minimum atomic E-state index is -1.55. The lowest BCUT2D eigenvalue weighted by molar-refractivity contribution is -0.919. The second-order valence-electron chi connectivity index (χ2n) is 18.0. The first-order valence-electron chi connectivity index (χ1n) is 22.8. The number of hydrogen-bond acceptors (Lipinski definition) is 4. The Balaban J connectivity index is 1.10. The Morgan fingerprint density at radius 2 is 0.769 bits per heavy atom. The highest BCUT2D eigenvalue weighted by molar-refractivity contribution is 6.09. The molecule has 0 radical (unpaired) electrons. The van der Waals surface area contributed by atoms with Gasteiger partial charge in [0.1, 0.15) is 13.1 Å². The standard InChI is InChI=1S/C57H56N4O4/c62-53-57(51-33-15-5-16-34-51,52-35-17-6-18-36-52)59(46-61(41-21-22-42-61)44-24-38-56(65,49-29-11-3-12-30-49)50-31-13-4-14-32-50)54(63)58(53)45-60(39-19-20-40-60)43-23-37-55(64,47-25-7-1-8-26-47)48-27-9-2-10-28-48/h1-18,25-36,64-65H,19-22,39-46H2/q+2.